The third-order valence-corrected chi connectivity index (χ3v) is 8.04. The molecule has 1 amide bonds. The first-order valence-corrected chi connectivity index (χ1v) is 13.6. The second kappa shape index (κ2) is 17.5. The molecule has 0 aromatic carbocycles. The van der Waals surface area contributed by atoms with Crippen LogP contribution in [-0.2, 0) is 4.79 Å². The van der Waals surface area contributed by atoms with Gasteiger partial charge in [-0.25, -0.2) is 0 Å². The Bertz CT molecular complexity index is 367. The fourth-order valence-corrected chi connectivity index (χ4v) is 5.45. The molecule has 0 aromatic heterocycles. The third-order valence-electron chi connectivity index (χ3n) is 3.92. The van der Waals surface area contributed by atoms with Crippen molar-refractivity contribution in [3.05, 3.63) is 0 Å². The summed E-state index contributed by atoms with van der Waals surface area (Å²) in [7, 11) is 0. The zero-order chi connectivity index (χ0) is 19.8. The van der Waals surface area contributed by atoms with Crippen molar-refractivity contribution in [3.63, 3.8) is 0 Å². The highest BCUT2D eigenvalue weighted by molar-refractivity contribution is 8.22. The van der Waals surface area contributed by atoms with Gasteiger partial charge in [-0.2, -0.15) is 23.5 Å². The van der Waals surface area contributed by atoms with Crippen LogP contribution in [0, 0.1) is 5.92 Å². The van der Waals surface area contributed by atoms with E-state index < -0.39 is 0 Å². The van der Waals surface area contributed by atoms with E-state index in [4.69, 9.17) is 12.2 Å². The van der Waals surface area contributed by atoms with E-state index in [1.165, 1.54) is 24.3 Å². The van der Waals surface area contributed by atoms with E-state index in [-0.39, 0.29) is 11.8 Å². The number of rotatable bonds is 15. The van der Waals surface area contributed by atoms with E-state index in [1.54, 1.807) is 11.8 Å². The summed E-state index contributed by atoms with van der Waals surface area (Å²) in [4.78, 5) is 17.2. The van der Waals surface area contributed by atoms with Gasteiger partial charge >= 0.3 is 0 Å². The Morgan fingerprint density at radius 2 is 1.38 bits per heavy atom. The van der Waals surface area contributed by atoms with Crippen LogP contribution in [0.4, 0.5) is 0 Å². The Hall–Kier alpha value is 0.410. The minimum atomic E-state index is 0.0147. The molecule has 0 aliphatic heterocycles. The zero-order valence-electron chi connectivity index (χ0n) is 17.3. The van der Waals surface area contributed by atoms with Gasteiger partial charge in [-0.05, 0) is 38.2 Å². The van der Waals surface area contributed by atoms with Gasteiger partial charge in [-0.1, -0.05) is 44.8 Å². The standard InChI is InChI=1S/C19H38N2OS4/c1-6-12-24-14-10-21(11-15-25-13-7-2)18(22)17(5)16-26-19(23)20(8-3)9-4/h17H,6-16H2,1-5H3. The van der Waals surface area contributed by atoms with Gasteiger partial charge in [0.25, 0.3) is 0 Å². The van der Waals surface area contributed by atoms with Gasteiger partial charge in [0.1, 0.15) is 4.32 Å². The van der Waals surface area contributed by atoms with Crippen LogP contribution < -0.4 is 0 Å². The minimum absolute atomic E-state index is 0.0147. The maximum atomic E-state index is 12.9. The molecule has 0 saturated carbocycles. The molecule has 1 atom stereocenters. The first kappa shape index (κ1) is 26.4. The zero-order valence-corrected chi connectivity index (χ0v) is 20.6. The molecule has 26 heavy (non-hydrogen) atoms. The summed E-state index contributed by atoms with van der Waals surface area (Å²) in [6, 6.07) is 0. The number of carbonyl (C=O) groups is 1. The van der Waals surface area contributed by atoms with E-state index in [9.17, 15) is 4.79 Å². The largest absolute Gasteiger partial charge is 0.358 e. The lowest BCUT2D eigenvalue weighted by Gasteiger charge is -2.27. The van der Waals surface area contributed by atoms with Crippen molar-refractivity contribution in [1.29, 1.82) is 0 Å². The molecule has 0 aromatic rings. The van der Waals surface area contributed by atoms with Crippen molar-refractivity contribution in [1.82, 2.24) is 9.80 Å². The molecule has 0 heterocycles. The molecule has 0 bridgehead atoms. The summed E-state index contributed by atoms with van der Waals surface area (Å²) in [5.74, 6) is 5.50. The molecule has 0 aliphatic carbocycles. The minimum Gasteiger partial charge on any atom is -0.358 e. The normalized spacial score (nSPS) is 12.0. The number of amides is 1. The first-order valence-electron chi connectivity index (χ1n) is 9.87. The predicted octanol–water partition coefficient (Wildman–Crippen LogP) is 5.10. The summed E-state index contributed by atoms with van der Waals surface area (Å²) in [6.45, 7) is 14.3. The molecule has 7 heteroatoms. The third kappa shape index (κ3) is 12.0. The van der Waals surface area contributed by atoms with Crippen LogP contribution in [-0.4, -0.2) is 75.0 Å². The van der Waals surface area contributed by atoms with Crippen LogP contribution in [0.5, 0.6) is 0 Å². The lowest BCUT2D eigenvalue weighted by Crippen LogP contribution is -2.39. The molecule has 0 N–H and O–H groups in total. The molecule has 1 unspecified atom stereocenters. The summed E-state index contributed by atoms with van der Waals surface area (Å²) < 4.78 is 0.915. The summed E-state index contributed by atoms with van der Waals surface area (Å²) in [5.41, 5.74) is 0. The monoisotopic (exact) mass is 438 g/mol. The van der Waals surface area contributed by atoms with Gasteiger partial charge < -0.3 is 9.80 Å². The van der Waals surface area contributed by atoms with E-state index in [1.807, 2.05) is 30.4 Å². The van der Waals surface area contributed by atoms with Crippen molar-refractivity contribution >= 4 is 57.7 Å². The van der Waals surface area contributed by atoms with Crippen molar-refractivity contribution in [3.8, 4) is 0 Å². The van der Waals surface area contributed by atoms with Crippen LogP contribution >= 0.6 is 47.5 Å². The molecular weight excluding hydrogens is 400 g/mol. The first-order chi connectivity index (χ1) is 12.5. The lowest BCUT2D eigenvalue weighted by atomic mass is 10.2. The van der Waals surface area contributed by atoms with Gasteiger partial charge in [0.15, 0.2) is 0 Å². The maximum absolute atomic E-state index is 12.9. The fourth-order valence-electron chi connectivity index (χ4n) is 2.33. The SMILES string of the molecule is CCCSCCN(CCSCCC)C(=O)C(C)CSC(=S)N(CC)CC. The number of hydrogen-bond acceptors (Lipinski definition) is 5. The lowest BCUT2D eigenvalue weighted by molar-refractivity contribution is -0.133. The molecule has 3 nitrogen and oxygen atoms in total. The summed E-state index contributed by atoms with van der Waals surface area (Å²) in [5, 5.41) is 0. The maximum Gasteiger partial charge on any atom is 0.226 e. The van der Waals surface area contributed by atoms with E-state index in [0.29, 0.717) is 0 Å². The Labute approximate surface area is 180 Å². The van der Waals surface area contributed by atoms with Crippen LogP contribution in [0.25, 0.3) is 0 Å². The second-order valence-electron chi connectivity index (χ2n) is 6.20. The topological polar surface area (TPSA) is 23.6 Å². The number of carbonyl (C=O) groups excluding carboxylic acids is 1. The quantitative estimate of drug-likeness (QED) is 0.260. The second-order valence-corrected chi connectivity index (χ2v) is 10.3. The Balaban J connectivity index is 4.51. The van der Waals surface area contributed by atoms with E-state index in [0.717, 1.165) is 47.8 Å². The number of nitrogens with zero attached hydrogens (tertiary/aromatic N) is 2. The van der Waals surface area contributed by atoms with Crippen molar-refractivity contribution in [2.45, 2.75) is 47.5 Å². The van der Waals surface area contributed by atoms with Crippen molar-refractivity contribution in [2.75, 3.05) is 54.9 Å². The van der Waals surface area contributed by atoms with Gasteiger partial charge in [-0.3, -0.25) is 4.79 Å². The van der Waals surface area contributed by atoms with Gasteiger partial charge in [0, 0.05) is 49.4 Å². The Morgan fingerprint density at radius 3 is 1.81 bits per heavy atom. The van der Waals surface area contributed by atoms with Crippen LogP contribution in [0.2, 0.25) is 0 Å². The van der Waals surface area contributed by atoms with Gasteiger partial charge in [0.05, 0.1) is 0 Å². The highest BCUT2D eigenvalue weighted by Gasteiger charge is 2.21. The molecule has 0 fully saturated rings. The van der Waals surface area contributed by atoms with Crippen LogP contribution in [0.1, 0.15) is 47.5 Å². The van der Waals surface area contributed by atoms with Crippen molar-refractivity contribution in [2.24, 2.45) is 5.92 Å². The number of thioether (sulfide) groups is 3. The van der Waals surface area contributed by atoms with Gasteiger partial charge in [-0.15, -0.1) is 0 Å². The Morgan fingerprint density at radius 1 is 0.885 bits per heavy atom. The molecule has 0 rings (SSSR count). The average molecular weight is 439 g/mol. The average Bonchev–Trinajstić information content (AvgIpc) is 2.65. The van der Waals surface area contributed by atoms with Crippen LogP contribution in [0.15, 0.2) is 0 Å². The highest BCUT2D eigenvalue weighted by atomic mass is 32.2. The number of hydrogen-bond donors (Lipinski definition) is 0. The highest BCUT2D eigenvalue weighted by Crippen LogP contribution is 2.17. The molecule has 154 valence electrons. The molecular formula is C19H38N2OS4. The smallest absolute Gasteiger partial charge is 0.226 e. The molecule has 0 aliphatic rings. The molecule has 0 spiro atoms. The van der Waals surface area contributed by atoms with E-state index in [2.05, 4.69) is 37.5 Å². The number of thiocarbonyl (C=S) groups is 1. The predicted molar refractivity (Wildman–Crippen MR) is 129 cm³/mol. The molecule has 0 saturated heterocycles. The van der Waals surface area contributed by atoms with Crippen LogP contribution in [0.3, 0.4) is 0 Å². The van der Waals surface area contributed by atoms with E-state index >= 15 is 0 Å². The summed E-state index contributed by atoms with van der Waals surface area (Å²) >= 11 is 11.0. The van der Waals surface area contributed by atoms with Crippen molar-refractivity contribution < 1.29 is 4.79 Å². The van der Waals surface area contributed by atoms with Gasteiger partial charge in [0.2, 0.25) is 5.91 Å². The summed E-state index contributed by atoms with van der Waals surface area (Å²) in [6.07, 6.45) is 2.39. The molecule has 0 radical (unpaired) electrons. The Kier molecular flexibility index (Phi) is 17.8. The fraction of sp³-hybridized carbons (Fsp3) is 0.895.